The lowest BCUT2D eigenvalue weighted by Gasteiger charge is -2.19. The van der Waals surface area contributed by atoms with Gasteiger partial charge in [-0.2, -0.15) is 0 Å². The smallest absolute Gasteiger partial charge is 0.0305 e. The van der Waals surface area contributed by atoms with Crippen molar-refractivity contribution in [2.75, 3.05) is 0 Å². The van der Waals surface area contributed by atoms with Crippen LogP contribution in [0.5, 0.6) is 0 Å². The molecule has 1 nitrogen and oxygen atoms in total. The molecular formula is C13H21N. The first-order chi connectivity index (χ1) is 6.39. The molecule has 0 amide bonds. The average molecular weight is 191 g/mol. The van der Waals surface area contributed by atoms with Crippen LogP contribution in [0, 0.1) is 5.92 Å². The molecule has 1 heterocycles. The molecule has 0 aromatic carbocycles. The van der Waals surface area contributed by atoms with E-state index in [1.807, 2.05) is 12.4 Å². The second kappa shape index (κ2) is 4.12. The van der Waals surface area contributed by atoms with Crippen LogP contribution in [0.25, 0.3) is 0 Å². The molecule has 0 N–H and O–H groups in total. The molecule has 0 saturated carbocycles. The summed E-state index contributed by atoms with van der Waals surface area (Å²) < 4.78 is 0. The standard InChI is InChI=1S/C13H21N/c1-10(2)6-11-7-12(9-14-8-11)13(3,4)5/h7-10H,6H2,1-5H3. The first-order valence-corrected chi connectivity index (χ1v) is 5.34. The highest BCUT2D eigenvalue weighted by Crippen LogP contribution is 2.22. The second-order valence-electron chi connectivity index (χ2n) is 5.43. The number of nitrogens with zero attached hydrogens (tertiary/aromatic N) is 1. The quantitative estimate of drug-likeness (QED) is 0.696. The van der Waals surface area contributed by atoms with Gasteiger partial charge in [0.05, 0.1) is 0 Å². The summed E-state index contributed by atoms with van der Waals surface area (Å²) in [6.45, 7) is 11.2. The first kappa shape index (κ1) is 11.2. The molecule has 0 saturated heterocycles. The molecule has 14 heavy (non-hydrogen) atoms. The SMILES string of the molecule is CC(C)Cc1cncc(C(C)(C)C)c1. The minimum absolute atomic E-state index is 0.208. The zero-order valence-electron chi connectivity index (χ0n) is 9.96. The van der Waals surface area contributed by atoms with Gasteiger partial charge in [-0.05, 0) is 28.9 Å². The molecule has 0 aliphatic rings. The lowest BCUT2D eigenvalue weighted by Crippen LogP contribution is -2.12. The van der Waals surface area contributed by atoms with Gasteiger partial charge in [0.25, 0.3) is 0 Å². The van der Waals surface area contributed by atoms with Crippen LogP contribution in [0.4, 0.5) is 0 Å². The highest BCUT2D eigenvalue weighted by Gasteiger charge is 2.14. The van der Waals surface area contributed by atoms with Crippen LogP contribution in [0.15, 0.2) is 18.5 Å². The Morgan fingerprint density at radius 1 is 1.21 bits per heavy atom. The molecule has 0 fully saturated rings. The van der Waals surface area contributed by atoms with Crippen LogP contribution < -0.4 is 0 Å². The summed E-state index contributed by atoms with van der Waals surface area (Å²) in [5.74, 6) is 0.701. The Kier molecular flexibility index (Phi) is 3.30. The number of pyridine rings is 1. The number of hydrogen-bond donors (Lipinski definition) is 0. The Hall–Kier alpha value is -0.850. The van der Waals surface area contributed by atoms with Crippen molar-refractivity contribution >= 4 is 0 Å². The van der Waals surface area contributed by atoms with E-state index >= 15 is 0 Å². The van der Waals surface area contributed by atoms with Gasteiger partial charge in [-0.3, -0.25) is 4.98 Å². The van der Waals surface area contributed by atoms with Crippen molar-refractivity contribution in [3.63, 3.8) is 0 Å². The van der Waals surface area contributed by atoms with E-state index in [0.29, 0.717) is 5.92 Å². The van der Waals surface area contributed by atoms with Crippen LogP contribution in [0.1, 0.15) is 45.7 Å². The predicted octanol–water partition coefficient (Wildman–Crippen LogP) is 3.58. The van der Waals surface area contributed by atoms with Gasteiger partial charge in [0.1, 0.15) is 0 Å². The van der Waals surface area contributed by atoms with E-state index in [1.165, 1.54) is 11.1 Å². The molecule has 1 aromatic rings. The highest BCUT2D eigenvalue weighted by atomic mass is 14.6. The van der Waals surface area contributed by atoms with E-state index in [4.69, 9.17) is 0 Å². The van der Waals surface area contributed by atoms with Crippen molar-refractivity contribution in [1.29, 1.82) is 0 Å². The third-order valence-electron chi connectivity index (χ3n) is 2.30. The normalized spacial score (nSPS) is 12.1. The number of hydrogen-bond acceptors (Lipinski definition) is 1. The summed E-state index contributed by atoms with van der Waals surface area (Å²) in [4.78, 5) is 4.30. The molecule has 0 bridgehead atoms. The van der Waals surface area contributed by atoms with Gasteiger partial charge < -0.3 is 0 Å². The summed E-state index contributed by atoms with van der Waals surface area (Å²) >= 11 is 0. The fourth-order valence-electron chi connectivity index (χ4n) is 1.48. The predicted molar refractivity (Wildman–Crippen MR) is 61.5 cm³/mol. The van der Waals surface area contributed by atoms with Gasteiger partial charge in [0.15, 0.2) is 0 Å². The van der Waals surface area contributed by atoms with E-state index in [2.05, 4.69) is 45.7 Å². The Morgan fingerprint density at radius 3 is 2.36 bits per heavy atom. The van der Waals surface area contributed by atoms with Crippen molar-refractivity contribution in [1.82, 2.24) is 4.98 Å². The summed E-state index contributed by atoms with van der Waals surface area (Å²) in [7, 11) is 0. The van der Waals surface area contributed by atoms with Crippen molar-refractivity contribution in [2.24, 2.45) is 5.92 Å². The van der Waals surface area contributed by atoms with Crippen molar-refractivity contribution in [3.05, 3.63) is 29.6 Å². The fourth-order valence-corrected chi connectivity index (χ4v) is 1.48. The minimum atomic E-state index is 0.208. The van der Waals surface area contributed by atoms with Gasteiger partial charge in [-0.25, -0.2) is 0 Å². The van der Waals surface area contributed by atoms with Gasteiger partial charge in [0, 0.05) is 12.4 Å². The third-order valence-corrected chi connectivity index (χ3v) is 2.30. The van der Waals surface area contributed by atoms with Crippen molar-refractivity contribution in [3.8, 4) is 0 Å². The molecular weight excluding hydrogens is 170 g/mol. The molecule has 0 radical (unpaired) electrons. The lowest BCUT2D eigenvalue weighted by atomic mass is 9.87. The van der Waals surface area contributed by atoms with Gasteiger partial charge >= 0.3 is 0 Å². The number of aromatic nitrogens is 1. The van der Waals surface area contributed by atoms with E-state index in [1.54, 1.807) is 0 Å². The molecule has 0 atom stereocenters. The Labute approximate surface area is 87.6 Å². The molecule has 1 aromatic heterocycles. The Bertz CT molecular complexity index is 294. The molecule has 0 aliphatic carbocycles. The monoisotopic (exact) mass is 191 g/mol. The molecule has 0 unspecified atom stereocenters. The van der Waals surface area contributed by atoms with Crippen molar-refractivity contribution < 1.29 is 0 Å². The molecule has 0 spiro atoms. The second-order valence-corrected chi connectivity index (χ2v) is 5.43. The van der Waals surface area contributed by atoms with E-state index < -0.39 is 0 Å². The summed E-state index contributed by atoms with van der Waals surface area (Å²) in [6.07, 6.45) is 5.08. The maximum Gasteiger partial charge on any atom is 0.0305 e. The fraction of sp³-hybridized carbons (Fsp3) is 0.615. The van der Waals surface area contributed by atoms with E-state index in [9.17, 15) is 0 Å². The topological polar surface area (TPSA) is 12.9 Å². The van der Waals surface area contributed by atoms with Crippen molar-refractivity contribution in [2.45, 2.75) is 46.5 Å². The third kappa shape index (κ3) is 3.13. The molecule has 1 rings (SSSR count). The number of rotatable bonds is 2. The van der Waals surface area contributed by atoms with E-state index in [-0.39, 0.29) is 5.41 Å². The maximum atomic E-state index is 4.30. The van der Waals surface area contributed by atoms with Crippen LogP contribution in [0.2, 0.25) is 0 Å². The van der Waals surface area contributed by atoms with E-state index in [0.717, 1.165) is 6.42 Å². The average Bonchev–Trinajstić information content (AvgIpc) is 2.01. The summed E-state index contributed by atoms with van der Waals surface area (Å²) in [6, 6.07) is 2.28. The minimum Gasteiger partial charge on any atom is -0.264 e. The molecule has 78 valence electrons. The highest BCUT2D eigenvalue weighted by molar-refractivity contribution is 5.24. The van der Waals surface area contributed by atoms with Gasteiger partial charge in [0.2, 0.25) is 0 Å². The zero-order valence-corrected chi connectivity index (χ0v) is 9.96. The Balaban J connectivity index is 2.90. The van der Waals surface area contributed by atoms with Gasteiger partial charge in [-0.1, -0.05) is 40.7 Å². The summed E-state index contributed by atoms with van der Waals surface area (Å²) in [5.41, 5.74) is 2.89. The van der Waals surface area contributed by atoms with Crippen LogP contribution in [-0.2, 0) is 11.8 Å². The molecule has 0 aliphatic heterocycles. The molecule has 1 heteroatoms. The van der Waals surface area contributed by atoms with Crippen LogP contribution in [-0.4, -0.2) is 4.98 Å². The van der Waals surface area contributed by atoms with Crippen LogP contribution >= 0.6 is 0 Å². The first-order valence-electron chi connectivity index (χ1n) is 5.34. The Morgan fingerprint density at radius 2 is 1.86 bits per heavy atom. The zero-order chi connectivity index (χ0) is 10.8. The summed E-state index contributed by atoms with van der Waals surface area (Å²) in [5, 5.41) is 0. The van der Waals surface area contributed by atoms with Gasteiger partial charge in [-0.15, -0.1) is 0 Å². The lowest BCUT2D eigenvalue weighted by molar-refractivity contribution is 0.582. The largest absolute Gasteiger partial charge is 0.264 e. The van der Waals surface area contributed by atoms with Crippen LogP contribution in [0.3, 0.4) is 0 Å². The maximum absolute atomic E-state index is 4.30.